The van der Waals surface area contributed by atoms with Gasteiger partial charge in [-0.3, -0.25) is 9.56 Å². The molecule has 2 aromatic heterocycles. The Morgan fingerprint density at radius 3 is 2.66 bits per heavy atom. The molecule has 0 bridgehead atoms. The van der Waals surface area contributed by atoms with Crippen molar-refractivity contribution in [1.29, 1.82) is 0 Å². The van der Waals surface area contributed by atoms with Crippen molar-refractivity contribution in [3.05, 3.63) is 62.5 Å². The highest BCUT2D eigenvalue weighted by atomic mass is 35.5. The van der Waals surface area contributed by atoms with Gasteiger partial charge in [0.2, 0.25) is 0 Å². The normalized spacial score (nSPS) is 15.2. The third-order valence-corrected chi connectivity index (χ3v) is 6.43. The molecule has 1 N–H and O–H groups in total. The number of aromatic nitrogens is 3. The van der Waals surface area contributed by atoms with Gasteiger partial charge in [0.15, 0.2) is 5.82 Å². The van der Waals surface area contributed by atoms with E-state index in [0.717, 1.165) is 27.7 Å². The summed E-state index contributed by atoms with van der Waals surface area (Å²) in [6.07, 6.45) is -0.512. The van der Waals surface area contributed by atoms with Gasteiger partial charge in [-0.2, -0.15) is 0 Å². The van der Waals surface area contributed by atoms with Gasteiger partial charge < -0.3 is 10.1 Å². The first-order chi connectivity index (χ1) is 13.9. The van der Waals surface area contributed by atoms with E-state index >= 15 is 0 Å². The molecule has 7 nitrogen and oxygen atoms in total. The van der Waals surface area contributed by atoms with Crippen LogP contribution in [0.4, 0.5) is 4.79 Å². The molecule has 9 heteroatoms. The summed E-state index contributed by atoms with van der Waals surface area (Å²) in [4.78, 5) is 17.9. The molecule has 3 heterocycles. The van der Waals surface area contributed by atoms with Gasteiger partial charge in [-0.05, 0) is 38.5 Å². The van der Waals surface area contributed by atoms with Gasteiger partial charge in [-0.25, -0.2) is 4.79 Å². The minimum absolute atomic E-state index is 0.245. The van der Waals surface area contributed by atoms with Gasteiger partial charge in [0.25, 0.3) is 0 Å². The molecule has 0 saturated heterocycles. The van der Waals surface area contributed by atoms with Gasteiger partial charge in [0.1, 0.15) is 16.9 Å². The summed E-state index contributed by atoms with van der Waals surface area (Å²) in [6, 6.07) is 7.21. The molecular weight excluding hydrogens is 410 g/mol. The molecule has 4 rings (SSSR count). The molecular formula is C20H20ClN5O2S. The van der Waals surface area contributed by atoms with E-state index in [2.05, 4.69) is 29.4 Å². The first-order valence-corrected chi connectivity index (χ1v) is 10.3. The Bertz CT molecular complexity index is 1120. The van der Waals surface area contributed by atoms with Gasteiger partial charge in [-0.1, -0.05) is 23.7 Å². The zero-order chi connectivity index (χ0) is 20.7. The number of methoxy groups -OCH3 is 1. The molecule has 0 saturated carbocycles. The van der Waals surface area contributed by atoms with Crippen molar-refractivity contribution in [1.82, 2.24) is 20.1 Å². The van der Waals surface area contributed by atoms with Crippen molar-refractivity contribution >= 4 is 34.7 Å². The van der Waals surface area contributed by atoms with Crippen LogP contribution >= 0.6 is 22.9 Å². The van der Waals surface area contributed by atoms with Crippen LogP contribution in [-0.4, -0.2) is 40.2 Å². The smallest absolute Gasteiger partial charge is 0.406 e. The first kappa shape index (κ1) is 19.6. The lowest BCUT2D eigenvalue weighted by Crippen LogP contribution is -2.28. The lowest BCUT2D eigenvalue weighted by atomic mass is 10.00. The molecule has 29 heavy (non-hydrogen) atoms. The fourth-order valence-electron chi connectivity index (χ4n) is 3.38. The molecule has 3 aromatic rings. The van der Waals surface area contributed by atoms with E-state index in [1.807, 2.05) is 35.8 Å². The van der Waals surface area contributed by atoms with Gasteiger partial charge in [0, 0.05) is 21.0 Å². The minimum atomic E-state index is -0.512. The number of thiophene rings is 1. The predicted octanol–water partition coefficient (Wildman–Crippen LogP) is 4.16. The fourth-order valence-corrected chi connectivity index (χ4v) is 4.72. The second-order valence-electron chi connectivity index (χ2n) is 6.78. The number of rotatable bonds is 3. The molecule has 150 valence electrons. The molecule has 1 amide bonds. The Labute approximate surface area is 177 Å². The fraction of sp³-hybridized carbons (Fsp3) is 0.300. The number of ether oxygens (including phenoxy) is 1. The monoisotopic (exact) mass is 429 g/mol. The van der Waals surface area contributed by atoms with Crippen molar-refractivity contribution in [2.45, 2.75) is 26.8 Å². The first-order valence-electron chi connectivity index (χ1n) is 9.09. The number of amides is 1. The van der Waals surface area contributed by atoms with E-state index in [1.54, 1.807) is 11.3 Å². The van der Waals surface area contributed by atoms with E-state index < -0.39 is 12.1 Å². The van der Waals surface area contributed by atoms with Crippen molar-refractivity contribution in [3.8, 4) is 5.00 Å². The van der Waals surface area contributed by atoms with Crippen LogP contribution < -0.4 is 5.32 Å². The van der Waals surface area contributed by atoms with Crippen LogP contribution in [0.15, 0.2) is 29.3 Å². The third kappa shape index (κ3) is 3.42. The number of hydrogen-bond acceptors (Lipinski definition) is 6. The van der Waals surface area contributed by atoms with Gasteiger partial charge in [-0.15, -0.1) is 21.5 Å². The maximum atomic E-state index is 11.7. The van der Waals surface area contributed by atoms with Crippen LogP contribution in [-0.2, 0) is 4.74 Å². The predicted molar refractivity (Wildman–Crippen MR) is 114 cm³/mol. The number of carbonyl (C=O) groups excluding carboxylic acids is 1. The van der Waals surface area contributed by atoms with Crippen LogP contribution in [0.25, 0.3) is 5.00 Å². The number of aryl methyl sites for hydroxylation is 2. The quantitative estimate of drug-likeness (QED) is 0.677. The number of benzene rings is 1. The summed E-state index contributed by atoms with van der Waals surface area (Å²) < 4.78 is 6.76. The molecule has 0 radical (unpaired) electrons. The third-order valence-electron chi connectivity index (χ3n) is 4.98. The number of nitrogens with one attached hydrogen (secondary N) is 1. The zero-order valence-corrected chi connectivity index (χ0v) is 18.1. The lowest BCUT2D eigenvalue weighted by Gasteiger charge is -2.13. The summed E-state index contributed by atoms with van der Waals surface area (Å²) in [5.74, 6) is 1.46. The van der Waals surface area contributed by atoms with E-state index in [-0.39, 0.29) is 6.54 Å². The second-order valence-corrected chi connectivity index (χ2v) is 8.42. The summed E-state index contributed by atoms with van der Waals surface area (Å²) in [6.45, 7) is 6.36. The molecule has 1 aliphatic heterocycles. The molecule has 1 atom stereocenters. The van der Waals surface area contributed by atoms with Crippen molar-refractivity contribution < 1.29 is 9.53 Å². The van der Waals surface area contributed by atoms with E-state index in [9.17, 15) is 4.79 Å². The summed E-state index contributed by atoms with van der Waals surface area (Å²) in [7, 11) is 1.33. The summed E-state index contributed by atoms with van der Waals surface area (Å²) in [5, 5.41) is 13.1. The van der Waals surface area contributed by atoms with Crippen molar-refractivity contribution in [3.63, 3.8) is 0 Å². The van der Waals surface area contributed by atoms with Crippen LogP contribution in [0.5, 0.6) is 0 Å². The molecule has 0 fully saturated rings. The van der Waals surface area contributed by atoms with E-state index in [4.69, 9.17) is 21.3 Å². The number of halogens is 1. The zero-order valence-electron chi connectivity index (χ0n) is 16.5. The Hall–Kier alpha value is -2.71. The molecule has 1 aromatic carbocycles. The van der Waals surface area contributed by atoms with E-state index in [1.165, 1.54) is 17.6 Å². The minimum Gasteiger partial charge on any atom is -0.453 e. The number of alkyl carbamates (subject to hydrolysis) is 1. The van der Waals surface area contributed by atoms with Gasteiger partial charge in [0.05, 0.1) is 19.4 Å². The van der Waals surface area contributed by atoms with Crippen LogP contribution in [0.1, 0.15) is 39.3 Å². The highest BCUT2D eigenvalue weighted by Gasteiger charge is 2.31. The second kappa shape index (κ2) is 7.61. The summed E-state index contributed by atoms with van der Waals surface area (Å²) in [5.41, 5.74) is 4.02. The molecule has 0 spiro atoms. The van der Waals surface area contributed by atoms with Crippen molar-refractivity contribution in [2.24, 2.45) is 4.99 Å². The van der Waals surface area contributed by atoms with E-state index in [0.29, 0.717) is 10.8 Å². The number of nitrogens with zero attached hydrogens (tertiary/aromatic N) is 4. The topological polar surface area (TPSA) is 81.4 Å². The molecule has 1 aliphatic rings. The number of aliphatic imine (C=N–C) groups is 1. The van der Waals surface area contributed by atoms with Crippen LogP contribution in [0.3, 0.4) is 0 Å². The molecule has 0 aliphatic carbocycles. The highest BCUT2D eigenvalue weighted by molar-refractivity contribution is 7.15. The highest BCUT2D eigenvalue weighted by Crippen LogP contribution is 2.38. The Morgan fingerprint density at radius 2 is 1.97 bits per heavy atom. The Balaban J connectivity index is 1.94. The number of carbonyl (C=O) groups is 1. The largest absolute Gasteiger partial charge is 0.453 e. The Kier molecular flexibility index (Phi) is 5.14. The van der Waals surface area contributed by atoms with Crippen molar-refractivity contribution in [2.75, 3.05) is 13.7 Å². The maximum Gasteiger partial charge on any atom is 0.406 e. The number of fused-ring (bicyclic) bond motifs is 3. The maximum absolute atomic E-state index is 11.7. The van der Waals surface area contributed by atoms with Gasteiger partial charge >= 0.3 is 6.09 Å². The average Bonchev–Trinajstić information content (AvgIpc) is 3.18. The Morgan fingerprint density at radius 1 is 1.24 bits per heavy atom. The van der Waals surface area contributed by atoms with Crippen LogP contribution in [0, 0.1) is 20.8 Å². The lowest BCUT2D eigenvalue weighted by molar-refractivity contribution is 0.170. The number of hydrogen-bond donors (Lipinski definition) is 1. The standard InChI is InChI=1S/C20H20ClN5O2S/c1-10-11(2)29-19-16(10)17(13-5-7-14(21)8-6-13)23-15(9-22-20(27)28-4)18-25-24-12(3)26(18)19/h5-8,15H,9H2,1-4H3,(H,22,27). The SMILES string of the molecule is COC(=O)NCC1N=C(c2ccc(Cl)cc2)c2c(sc(C)c2C)-n2c(C)nnc21. The summed E-state index contributed by atoms with van der Waals surface area (Å²) >= 11 is 7.79. The van der Waals surface area contributed by atoms with Crippen LogP contribution in [0.2, 0.25) is 5.02 Å². The average molecular weight is 430 g/mol. The molecule has 1 unspecified atom stereocenters.